The fourth-order valence-corrected chi connectivity index (χ4v) is 2.80. The lowest BCUT2D eigenvalue weighted by Crippen LogP contribution is -2.29. The average molecular weight is 380 g/mol. The molecular weight excluding hydrogens is 361 g/mol. The number of carbonyl (C=O) groups excluding carboxylic acids is 1. The molecule has 25 heavy (non-hydrogen) atoms. The van der Waals surface area contributed by atoms with E-state index < -0.39 is 5.97 Å². The third-order valence-corrected chi connectivity index (χ3v) is 4.50. The molecule has 2 N–H and O–H groups in total. The average Bonchev–Trinajstić information content (AvgIpc) is 2.60. The summed E-state index contributed by atoms with van der Waals surface area (Å²) in [5.41, 5.74) is 1.76. The summed E-state index contributed by atoms with van der Waals surface area (Å²) in [5.74, 6) is -0.983. The number of carboxylic acids is 1. The maximum atomic E-state index is 12.3. The van der Waals surface area contributed by atoms with E-state index in [-0.39, 0.29) is 24.8 Å². The second-order valence-corrected chi connectivity index (χ2v) is 6.50. The largest absolute Gasteiger partial charge is 0.481 e. The first-order valence-corrected chi connectivity index (χ1v) is 8.74. The Bertz CT molecular complexity index is 735. The molecule has 6 heteroatoms. The summed E-state index contributed by atoms with van der Waals surface area (Å²) >= 11 is 12.1. The van der Waals surface area contributed by atoms with Crippen molar-refractivity contribution in [2.75, 3.05) is 0 Å². The SMILES string of the molecule is O=C(O)CCCCC(=O)NC(c1ccccc1)c1ccc(Cl)c(Cl)c1. The number of hydrogen-bond acceptors (Lipinski definition) is 2. The molecule has 1 unspecified atom stereocenters. The molecule has 1 amide bonds. The molecule has 0 radical (unpaired) electrons. The van der Waals surface area contributed by atoms with Crippen LogP contribution in [0.5, 0.6) is 0 Å². The van der Waals surface area contributed by atoms with Gasteiger partial charge in [0.15, 0.2) is 0 Å². The molecule has 0 aromatic heterocycles. The summed E-state index contributed by atoms with van der Waals surface area (Å²) in [6.45, 7) is 0. The minimum Gasteiger partial charge on any atom is -0.481 e. The first-order valence-electron chi connectivity index (χ1n) is 7.98. The van der Waals surface area contributed by atoms with Crippen molar-refractivity contribution in [2.45, 2.75) is 31.7 Å². The van der Waals surface area contributed by atoms with E-state index in [1.165, 1.54) is 0 Å². The molecule has 4 nitrogen and oxygen atoms in total. The maximum Gasteiger partial charge on any atom is 0.303 e. The van der Waals surface area contributed by atoms with Crippen molar-refractivity contribution in [3.8, 4) is 0 Å². The van der Waals surface area contributed by atoms with Crippen LogP contribution in [-0.4, -0.2) is 17.0 Å². The summed E-state index contributed by atoms with van der Waals surface area (Å²) < 4.78 is 0. The predicted molar refractivity (Wildman–Crippen MR) is 99.0 cm³/mol. The minimum absolute atomic E-state index is 0.0716. The minimum atomic E-state index is -0.849. The normalized spacial score (nSPS) is 11.8. The lowest BCUT2D eigenvalue weighted by molar-refractivity contribution is -0.137. The number of amides is 1. The maximum absolute atomic E-state index is 12.3. The zero-order valence-electron chi connectivity index (χ0n) is 13.5. The van der Waals surface area contributed by atoms with Crippen LogP contribution in [-0.2, 0) is 9.59 Å². The number of rotatable bonds is 8. The Hall–Kier alpha value is -2.04. The smallest absolute Gasteiger partial charge is 0.303 e. The Morgan fingerprint density at radius 1 is 0.920 bits per heavy atom. The molecule has 0 spiro atoms. The highest BCUT2D eigenvalue weighted by Gasteiger charge is 2.17. The number of halogens is 2. The molecule has 2 rings (SSSR count). The molecule has 0 aliphatic rings. The van der Waals surface area contributed by atoms with Gasteiger partial charge in [-0.05, 0) is 36.1 Å². The molecule has 2 aromatic carbocycles. The highest BCUT2D eigenvalue weighted by atomic mass is 35.5. The Labute approximate surface area is 156 Å². The first kappa shape index (κ1) is 19.3. The molecule has 132 valence electrons. The Morgan fingerprint density at radius 2 is 1.60 bits per heavy atom. The number of carboxylic acid groups (broad SMARTS) is 1. The standard InChI is InChI=1S/C19H19Cl2NO3/c20-15-11-10-14(12-16(15)21)19(13-6-2-1-3-7-13)22-17(23)8-4-5-9-18(24)25/h1-3,6-7,10-12,19H,4-5,8-9H2,(H,22,23)(H,24,25). The summed E-state index contributed by atoms with van der Waals surface area (Å²) in [6, 6.07) is 14.5. The predicted octanol–water partition coefficient (Wildman–Crippen LogP) is 4.84. The fourth-order valence-electron chi connectivity index (χ4n) is 2.49. The van der Waals surface area contributed by atoms with Gasteiger partial charge in [0, 0.05) is 12.8 Å². The monoisotopic (exact) mass is 379 g/mol. The van der Waals surface area contributed by atoms with E-state index in [9.17, 15) is 9.59 Å². The second-order valence-electron chi connectivity index (χ2n) is 5.69. The molecular formula is C19H19Cl2NO3. The molecule has 0 fully saturated rings. The van der Waals surface area contributed by atoms with Crippen LogP contribution in [0.3, 0.4) is 0 Å². The molecule has 0 aliphatic heterocycles. The van der Waals surface area contributed by atoms with Crippen LogP contribution in [0, 0.1) is 0 Å². The van der Waals surface area contributed by atoms with Gasteiger partial charge in [-0.15, -0.1) is 0 Å². The Balaban J connectivity index is 2.11. The molecule has 0 bridgehead atoms. The van der Waals surface area contributed by atoms with Gasteiger partial charge in [0.1, 0.15) is 0 Å². The van der Waals surface area contributed by atoms with Gasteiger partial charge in [-0.2, -0.15) is 0 Å². The number of benzene rings is 2. The van der Waals surface area contributed by atoms with E-state index in [0.29, 0.717) is 22.9 Å². The summed E-state index contributed by atoms with van der Waals surface area (Å²) in [5, 5.41) is 12.5. The van der Waals surface area contributed by atoms with Crippen molar-refractivity contribution >= 4 is 35.1 Å². The van der Waals surface area contributed by atoms with Gasteiger partial charge in [0.05, 0.1) is 16.1 Å². The highest BCUT2D eigenvalue weighted by molar-refractivity contribution is 6.42. The number of hydrogen-bond donors (Lipinski definition) is 2. The van der Waals surface area contributed by atoms with E-state index >= 15 is 0 Å². The van der Waals surface area contributed by atoms with E-state index in [2.05, 4.69) is 5.32 Å². The topological polar surface area (TPSA) is 66.4 Å². The molecule has 0 saturated heterocycles. The first-order chi connectivity index (χ1) is 12.0. The Morgan fingerprint density at radius 3 is 2.24 bits per heavy atom. The highest BCUT2D eigenvalue weighted by Crippen LogP contribution is 2.29. The van der Waals surface area contributed by atoms with Crippen LogP contribution in [0.25, 0.3) is 0 Å². The van der Waals surface area contributed by atoms with Gasteiger partial charge in [0.25, 0.3) is 0 Å². The third-order valence-electron chi connectivity index (χ3n) is 3.76. The van der Waals surface area contributed by atoms with E-state index in [4.69, 9.17) is 28.3 Å². The molecule has 1 atom stereocenters. The number of nitrogens with one attached hydrogen (secondary N) is 1. The van der Waals surface area contributed by atoms with Gasteiger partial charge in [-0.3, -0.25) is 9.59 Å². The van der Waals surface area contributed by atoms with Gasteiger partial charge in [-0.1, -0.05) is 59.6 Å². The van der Waals surface area contributed by atoms with Crippen LogP contribution in [0.4, 0.5) is 0 Å². The fraction of sp³-hybridized carbons (Fsp3) is 0.263. The van der Waals surface area contributed by atoms with Crippen molar-refractivity contribution in [2.24, 2.45) is 0 Å². The quantitative estimate of drug-likeness (QED) is 0.644. The van der Waals surface area contributed by atoms with Gasteiger partial charge >= 0.3 is 5.97 Å². The zero-order chi connectivity index (χ0) is 18.2. The van der Waals surface area contributed by atoms with Gasteiger partial charge in [-0.25, -0.2) is 0 Å². The van der Waals surface area contributed by atoms with Gasteiger partial charge in [0.2, 0.25) is 5.91 Å². The summed E-state index contributed by atoms with van der Waals surface area (Å²) in [6.07, 6.45) is 1.35. The lowest BCUT2D eigenvalue weighted by atomic mass is 9.98. The van der Waals surface area contributed by atoms with Crippen LogP contribution >= 0.6 is 23.2 Å². The Kier molecular flexibility index (Phi) is 7.29. The van der Waals surface area contributed by atoms with Gasteiger partial charge < -0.3 is 10.4 Å². The lowest BCUT2D eigenvalue weighted by Gasteiger charge is -2.20. The van der Waals surface area contributed by atoms with Crippen LogP contribution in [0.15, 0.2) is 48.5 Å². The van der Waals surface area contributed by atoms with Crippen molar-refractivity contribution in [3.05, 3.63) is 69.7 Å². The number of carbonyl (C=O) groups is 2. The van der Waals surface area contributed by atoms with Crippen molar-refractivity contribution in [1.82, 2.24) is 5.32 Å². The summed E-state index contributed by atoms with van der Waals surface area (Å²) in [4.78, 5) is 22.8. The molecule has 2 aromatic rings. The number of unbranched alkanes of at least 4 members (excludes halogenated alkanes) is 1. The van der Waals surface area contributed by atoms with Crippen molar-refractivity contribution in [3.63, 3.8) is 0 Å². The van der Waals surface area contributed by atoms with Crippen LogP contribution in [0.2, 0.25) is 10.0 Å². The molecule has 0 aliphatic carbocycles. The van der Waals surface area contributed by atoms with Crippen molar-refractivity contribution in [1.29, 1.82) is 0 Å². The second kappa shape index (κ2) is 9.44. The van der Waals surface area contributed by atoms with E-state index in [1.54, 1.807) is 12.1 Å². The molecule has 0 heterocycles. The van der Waals surface area contributed by atoms with E-state index in [0.717, 1.165) is 11.1 Å². The summed E-state index contributed by atoms with van der Waals surface area (Å²) in [7, 11) is 0. The third kappa shape index (κ3) is 6.07. The number of aliphatic carboxylic acids is 1. The van der Waals surface area contributed by atoms with Crippen molar-refractivity contribution < 1.29 is 14.7 Å². The van der Waals surface area contributed by atoms with Crippen LogP contribution < -0.4 is 5.32 Å². The molecule has 0 saturated carbocycles. The van der Waals surface area contributed by atoms with E-state index in [1.807, 2.05) is 36.4 Å². The van der Waals surface area contributed by atoms with Crippen LogP contribution in [0.1, 0.15) is 42.9 Å². The zero-order valence-corrected chi connectivity index (χ0v) is 15.1.